The highest BCUT2D eigenvalue weighted by Gasteiger charge is 2.37. The predicted octanol–water partition coefficient (Wildman–Crippen LogP) is 3.39. The van der Waals surface area contributed by atoms with E-state index in [9.17, 15) is 0 Å². The van der Waals surface area contributed by atoms with Gasteiger partial charge < -0.3 is 9.15 Å². The first-order valence-electron chi connectivity index (χ1n) is 8.56. The van der Waals surface area contributed by atoms with Crippen molar-refractivity contribution >= 4 is 11.6 Å². The van der Waals surface area contributed by atoms with Crippen LogP contribution in [0.15, 0.2) is 22.6 Å². The number of ether oxygens (including phenoxy) is 1. The molecule has 1 aliphatic carbocycles. The number of hydrogen-bond acceptors (Lipinski definition) is 5. The molecule has 1 aliphatic heterocycles. The fraction of sp³-hybridized carbons (Fsp3) is 0.556. The predicted molar refractivity (Wildman–Crippen MR) is 91.3 cm³/mol. The maximum atomic E-state index is 6.15. The lowest BCUT2D eigenvalue weighted by Crippen LogP contribution is -2.46. The summed E-state index contributed by atoms with van der Waals surface area (Å²) in [5.41, 5.74) is 2.74. The quantitative estimate of drug-likeness (QED) is 0.851. The third-order valence-electron chi connectivity index (χ3n) is 4.95. The van der Waals surface area contributed by atoms with Crippen molar-refractivity contribution in [1.82, 2.24) is 15.1 Å². The third-order valence-corrected chi connectivity index (χ3v) is 5.19. The molecular weight excluding hydrogens is 326 g/mol. The molecule has 0 amide bonds. The molecular formula is C18H22ClN3O2. The Hall–Kier alpha value is -1.43. The summed E-state index contributed by atoms with van der Waals surface area (Å²) in [6.45, 7) is 6.35. The number of halogens is 1. The van der Waals surface area contributed by atoms with E-state index in [1.54, 1.807) is 0 Å². The Morgan fingerprint density at radius 2 is 2.04 bits per heavy atom. The van der Waals surface area contributed by atoms with Crippen LogP contribution in [0, 0.1) is 0 Å². The Balaban J connectivity index is 1.56. The van der Waals surface area contributed by atoms with E-state index in [0.29, 0.717) is 24.4 Å². The monoisotopic (exact) mass is 347 g/mol. The summed E-state index contributed by atoms with van der Waals surface area (Å²) in [5, 5.41) is 9.28. The lowest BCUT2D eigenvalue weighted by Gasteiger charge is -2.37. The Kier molecular flexibility index (Phi) is 4.33. The molecule has 0 spiro atoms. The van der Waals surface area contributed by atoms with Gasteiger partial charge in [0, 0.05) is 23.5 Å². The molecule has 4 rings (SSSR count). The van der Waals surface area contributed by atoms with Crippen LogP contribution >= 0.6 is 11.6 Å². The topological polar surface area (TPSA) is 51.4 Å². The van der Waals surface area contributed by atoms with Crippen molar-refractivity contribution < 1.29 is 9.15 Å². The molecule has 0 bridgehead atoms. The Morgan fingerprint density at radius 1 is 1.21 bits per heavy atom. The van der Waals surface area contributed by atoms with Gasteiger partial charge in [-0.2, -0.15) is 0 Å². The fourth-order valence-corrected chi connectivity index (χ4v) is 3.87. The standard InChI is InChI=1S/C18H22ClN3O2/c1-11(2)17-20-21-18(24-17)16-10-23-6-5-22(16)15-8-12-3-4-14(19)7-13(12)9-15/h3-4,7,11,15-16H,5-6,8-10H2,1-2H3/t15-,16-/m1/s1. The van der Waals surface area contributed by atoms with Gasteiger partial charge in [-0.05, 0) is 36.1 Å². The molecule has 0 N–H and O–H groups in total. The van der Waals surface area contributed by atoms with Crippen LogP contribution in [0.1, 0.15) is 48.7 Å². The Morgan fingerprint density at radius 3 is 2.83 bits per heavy atom. The van der Waals surface area contributed by atoms with Crippen molar-refractivity contribution in [3.8, 4) is 0 Å². The molecule has 2 aliphatic rings. The van der Waals surface area contributed by atoms with Gasteiger partial charge in [0.1, 0.15) is 6.04 Å². The first-order chi connectivity index (χ1) is 11.6. The summed E-state index contributed by atoms with van der Waals surface area (Å²) in [4.78, 5) is 2.47. The summed E-state index contributed by atoms with van der Waals surface area (Å²) in [7, 11) is 0. The number of morpholine rings is 1. The molecule has 1 saturated heterocycles. The molecule has 1 fully saturated rings. The zero-order valence-electron chi connectivity index (χ0n) is 14.0. The second kappa shape index (κ2) is 6.47. The van der Waals surface area contributed by atoms with Gasteiger partial charge in [-0.25, -0.2) is 0 Å². The number of benzene rings is 1. The second-order valence-electron chi connectivity index (χ2n) is 6.94. The Labute approximate surface area is 147 Å². The van der Waals surface area contributed by atoms with Crippen molar-refractivity contribution in [2.75, 3.05) is 19.8 Å². The molecule has 5 nitrogen and oxygen atoms in total. The van der Waals surface area contributed by atoms with E-state index in [2.05, 4.69) is 41.1 Å². The van der Waals surface area contributed by atoms with Gasteiger partial charge in [-0.15, -0.1) is 10.2 Å². The highest BCUT2D eigenvalue weighted by molar-refractivity contribution is 6.30. The minimum absolute atomic E-state index is 0.0357. The molecule has 0 saturated carbocycles. The average Bonchev–Trinajstić information content (AvgIpc) is 3.21. The van der Waals surface area contributed by atoms with Crippen molar-refractivity contribution in [3.05, 3.63) is 46.1 Å². The van der Waals surface area contributed by atoms with E-state index in [-0.39, 0.29) is 12.0 Å². The van der Waals surface area contributed by atoms with Crippen LogP contribution in [0.4, 0.5) is 0 Å². The fourth-order valence-electron chi connectivity index (χ4n) is 3.68. The maximum absolute atomic E-state index is 6.15. The van der Waals surface area contributed by atoms with E-state index in [4.69, 9.17) is 20.8 Å². The van der Waals surface area contributed by atoms with E-state index in [0.717, 1.165) is 31.0 Å². The first-order valence-corrected chi connectivity index (χ1v) is 8.93. The molecule has 6 heteroatoms. The molecule has 0 radical (unpaired) electrons. The number of hydrogen-bond donors (Lipinski definition) is 0. The molecule has 24 heavy (non-hydrogen) atoms. The normalized spacial score (nSPS) is 24.5. The van der Waals surface area contributed by atoms with Gasteiger partial charge >= 0.3 is 0 Å². The zero-order valence-corrected chi connectivity index (χ0v) is 14.8. The van der Waals surface area contributed by atoms with Crippen LogP contribution in [0.5, 0.6) is 0 Å². The van der Waals surface area contributed by atoms with Crippen LogP contribution in [0.25, 0.3) is 0 Å². The van der Waals surface area contributed by atoms with Crippen LogP contribution in [-0.4, -0.2) is 40.9 Å². The molecule has 1 aromatic carbocycles. The van der Waals surface area contributed by atoms with E-state index >= 15 is 0 Å². The van der Waals surface area contributed by atoms with Crippen LogP contribution in [-0.2, 0) is 17.6 Å². The van der Waals surface area contributed by atoms with Gasteiger partial charge in [-0.3, -0.25) is 4.90 Å². The van der Waals surface area contributed by atoms with Crippen molar-refractivity contribution in [2.45, 2.75) is 44.7 Å². The van der Waals surface area contributed by atoms with Gasteiger partial charge in [-0.1, -0.05) is 31.5 Å². The third kappa shape index (κ3) is 2.96. The Bertz CT molecular complexity index is 731. The number of rotatable bonds is 3. The van der Waals surface area contributed by atoms with Crippen molar-refractivity contribution in [1.29, 1.82) is 0 Å². The molecule has 2 heterocycles. The largest absolute Gasteiger partial charge is 0.423 e. The highest BCUT2D eigenvalue weighted by Crippen LogP contribution is 2.34. The van der Waals surface area contributed by atoms with Gasteiger partial charge in [0.25, 0.3) is 0 Å². The van der Waals surface area contributed by atoms with Crippen molar-refractivity contribution in [2.24, 2.45) is 0 Å². The van der Waals surface area contributed by atoms with Gasteiger partial charge in [0.05, 0.1) is 13.2 Å². The summed E-state index contributed by atoms with van der Waals surface area (Å²) in [6, 6.07) is 6.69. The lowest BCUT2D eigenvalue weighted by molar-refractivity contribution is -0.0379. The number of aromatic nitrogens is 2. The molecule has 2 atom stereocenters. The van der Waals surface area contributed by atoms with E-state index < -0.39 is 0 Å². The lowest BCUT2D eigenvalue weighted by atomic mass is 10.1. The minimum Gasteiger partial charge on any atom is -0.423 e. The molecule has 128 valence electrons. The SMILES string of the molecule is CC(C)c1nnc([C@H]2COCCN2[C@@H]2Cc3ccc(Cl)cc3C2)o1. The average molecular weight is 348 g/mol. The van der Waals surface area contributed by atoms with Gasteiger partial charge in [0.2, 0.25) is 11.8 Å². The summed E-state index contributed by atoms with van der Waals surface area (Å²) < 4.78 is 11.6. The highest BCUT2D eigenvalue weighted by atomic mass is 35.5. The smallest absolute Gasteiger partial charge is 0.236 e. The van der Waals surface area contributed by atoms with Crippen LogP contribution in [0.3, 0.4) is 0 Å². The molecule has 2 aromatic rings. The van der Waals surface area contributed by atoms with E-state index in [1.165, 1.54) is 11.1 Å². The summed E-state index contributed by atoms with van der Waals surface area (Å²) in [6.07, 6.45) is 2.05. The summed E-state index contributed by atoms with van der Waals surface area (Å²) in [5.74, 6) is 1.60. The summed E-state index contributed by atoms with van der Waals surface area (Å²) >= 11 is 6.15. The molecule has 1 aromatic heterocycles. The zero-order chi connectivity index (χ0) is 16.7. The van der Waals surface area contributed by atoms with E-state index in [1.807, 2.05) is 6.07 Å². The first kappa shape index (κ1) is 16.1. The number of nitrogens with zero attached hydrogens (tertiary/aromatic N) is 3. The molecule has 0 unspecified atom stereocenters. The maximum Gasteiger partial charge on any atom is 0.236 e. The second-order valence-corrected chi connectivity index (χ2v) is 7.37. The van der Waals surface area contributed by atoms with Crippen LogP contribution in [0.2, 0.25) is 5.02 Å². The van der Waals surface area contributed by atoms with Crippen molar-refractivity contribution in [3.63, 3.8) is 0 Å². The van der Waals surface area contributed by atoms with Crippen LogP contribution < -0.4 is 0 Å². The number of fused-ring (bicyclic) bond motifs is 1. The minimum atomic E-state index is 0.0357. The van der Waals surface area contributed by atoms with Gasteiger partial charge in [0.15, 0.2) is 0 Å².